The van der Waals surface area contributed by atoms with Crippen molar-refractivity contribution in [2.45, 2.75) is 39.0 Å². The number of halogens is 4. The summed E-state index contributed by atoms with van der Waals surface area (Å²) in [5.74, 6) is -1.46. The average Bonchev–Trinajstić information content (AvgIpc) is 3.91. The summed E-state index contributed by atoms with van der Waals surface area (Å²) < 4.78 is 32.2. The molecule has 0 bridgehead atoms. The van der Waals surface area contributed by atoms with E-state index in [4.69, 9.17) is 34.0 Å². The van der Waals surface area contributed by atoms with Gasteiger partial charge < -0.3 is 48.2 Å². The Morgan fingerprint density at radius 3 is 1.51 bits per heavy atom. The zero-order chi connectivity index (χ0) is 48.7. The van der Waals surface area contributed by atoms with Gasteiger partial charge in [0.15, 0.2) is 0 Å². The van der Waals surface area contributed by atoms with Gasteiger partial charge in [-0.15, -0.1) is 0 Å². The molecule has 70 heavy (non-hydrogen) atoms. The number of carboxylic acid groups (broad SMARTS) is 1. The van der Waals surface area contributed by atoms with Gasteiger partial charge in [0.05, 0.1) is 52.7 Å². The van der Waals surface area contributed by atoms with Crippen molar-refractivity contribution in [2.24, 2.45) is 5.73 Å². The van der Waals surface area contributed by atoms with Gasteiger partial charge in [-0.3, -0.25) is 33.5 Å². The molecule has 0 unspecified atom stereocenters. The third-order valence-corrected chi connectivity index (χ3v) is 11.1. The number of aromatic carboxylic acids is 1. The SMILES string of the molecule is CN1CCn2c1c(Nc1ccncc1C(=O)O)cc(-c1cc(Cl)ccc1F)c2=O.C[C@@H](CO)NC(=O)c1cnccc1Nc1cc(-c2cc(Cl)ccc2F)c(=O)n2c1N(C)CC2.C[C@H](N)CO.S.S.[H-].[Li+]. The summed E-state index contributed by atoms with van der Waals surface area (Å²) >= 11 is 12.1. The first-order chi connectivity index (χ1) is 31.9. The van der Waals surface area contributed by atoms with Crippen molar-refractivity contribution < 1.29 is 54.0 Å². The van der Waals surface area contributed by atoms with E-state index >= 15 is 0 Å². The summed E-state index contributed by atoms with van der Waals surface area (Å²) in [7, 11) is 3.68. The molecule has 2 aliphatic heterocycles. The zero-order valence-electron chi connectivity index (χ0n) is 39.7. The number of anilines is 6. The molecule has 8 N–H and O–H groups in total. The number of nitrogens with zero attached hydrogens (tertiary/aromatic N) is 6. The fourth-order valence-corrected chi connectivity index (χ4v) is 7.58. The summed E-state index contributed by atoms with van der Waals surface area (Å²) in [5.41, 5.74) is 6.87. The van der Waals surface area contributed by atoms with Crippen LogP contribution in [0, 0.1) is 11.6 Å². The average molecular weight is 1040 g/mol. The van der Waals surface area contributed by atoms with Crippen LogP contribution < -0.4 is 61.5 Å². The van der Waals surface area contributed by atoms with Gasteiger partial charge in [-0.2, -0.15) is 27.0 Å². The molecule has 0 aliphatic carbocycles. The second-order valence-corrected chi connectivity index (χ2v) is 16.6. The molecule has 8 rings (SSSR count). The van der Waals surface area contributed by atoms with Crippen LogP contribution in [-0.4, -0.2) is 98.8 Å². The maximum Gasteiger partial charge on any atom is 1.00 e. The van der Waals surface area contributed by atoms with Gasteiger partial charge in [-0.1, -0.05) is 23.2 Å². The number of aliphatic hydroxyl groups is 2. The number of fused-ring (bicyclic) bond motifs is 2. The van der Waals surface area contributed by atoms with Crippen molar-refractivity contribution >= 4 is 96.5 Å². The van der Waals surface area contributed by atoms with Gasteiger partial charge >= 0.3 is 24.8 Å². The summed E-state index contributed by atoms with van der Waals surface area (Å²) in [4.78, 5) is 62.2. The van der Waals surface area contributed by atoms with Crippen molar-refractivity contribution in [3.8, 4) is 22.3 Å². The van der Waals surface area contributed by atoms with Crippen molar-refractivity contribution in [1.82, 2.24) is 24.4 Å². The Morgan fingerprint density at radius 2 is 1.11 bits per heavy atom. The van der Waals surface area contributed by atoms with Crippen LogP contribution in [0.2, 0.25) is 10.0 Å². The van der Waals surface area contributed by atoms with Crippen molar-refractivity contribution in [1.29, 1.82) is 0 Å². The van der Waals surface area contributed by atoms with Gasteiger partial charge in [0.25, 0.3) is 17.0 Å². The van der Waals surface area contributed by atoms with Crippen molar-refractivity contribution in [2.75, 3.05) is 60.8 Å². The Morgan fingerprint density at radius 1 is 0.700 bits per heavy atom. The van der Waals surface area contributed by atoms with Crippen molar-refractivity contribution in [3.63, 3.8) is 0 Å². The Bertz CT molecular complexity index is 2960. The molecule has 1 amide bonds. The maximum atomic E-state index is 14.6. The Labute approximate surface area is 439 Å². The van der Waals surface area contributed by atoms with Gasteiger partial charge in [-0.25, -0.2) is 13.6 Å². The van der Waals surface area contributed by atoms with E-state index < -0.39 is 29.6 Å². The molecule has 370 valence electrons. The van der Waals surface area contributed by atoms with Crippen molar-refractivity contribution in [3.05, 3.63) is 139 Å². The summed E-state index contributed by atoms with van der Waals surface area (Å²) in [6.45, 7) is 5.36. The van der Waals surface area contributed by atoms with Crippen LogP contribution in [0.25, 0.3) is 22.3 Å². The Kier molecular flexibility index (Phi) is 21.8. The number of pyridine rings is 4. The molecular formula is C46H53Cl2F2LiN10O7S2. The number of benzene rings is 2. The van der Waals surface area contributed by atoms with E-state index in [0.717, 1.165) is 0 Å². The number of carbonyl (C=O) groups excluding carboxylic acids is 1. The van der Waals surface area contributed by atoms with E-state index in [-0.39, 0.29) is 111 Å². The molecule has 24 heteroatoms. The number of amides is 1. The molecule has 17 nitrogen and oxygen atoms in total. The van der Waals surface area contributed by atoms with E-state index in [9.17, 15) is 38.2 Å². The summed E-state index contributed by atoms with van der Waals surface area (Å²) in [6, 6.07) is 13.9. The molecule has 2 atom stereocenters. The minimum atomic E-state index is -1.14. The largest absolute Gasteiger partial charge is 1.00 e. The molecule has 6 heterocycles. The van der Waals surface area contributed by atoms with E-state index in [1.54, 1.807) is 35.1 Å². The summed E-state index contributed by atoms with van der Waals surface area (Å²) in [5, 5.41) is 36.3. The maximum absolute atomic E-state index is 14.6. The van der Waals surface area contributed by atoms with Gasteiger partial charge in [-0.05, 0) is 74.5 Å². The second-order valence-electron chi connectivity index (χ2n) is 15.7. The number of nitrogens with two attached hydrogens (primary N) is 1. The van der Waals surface area contributed by atoms with E-state index in [2.05, 4.69) is 25.9 Å². The predicted molar refractivity (Wildman–Crippen MR) is 277 cm³/mol. The minimum Gasteiger partial charge on any atom is -1.00 e. The third kappa shape index (κ3) is 13.4. The van der Waals surface area contributed by atoms with Crippen LogP contribution in [0.1, 0.15) is 36.0 Å². The van der Waals surface area contributed by atoms with E-state index in [1.807, 2.05) is 23.9 Å². The molecule has 2 aromatic carbocycles. The van der Waals surface area contributed by atoms with Crippen LogP contribution >= 0.6 is 50.2 Å². The first kappa shape index (κ1) is 58.7. The molecule has 0 radical (unpaired) electrons. The second kappa shape index (κ2) is 26.0. The number of hydrogen-bond donors (Lipinski definition) is 7. The Hall–Kier alpha value is -5.60. The molecule has 0 saturated heterocycles. The molecule has 0 spiro atoms. The normalized spacial score (nSPS) is 12.7. The van der Waals surface area contributed by atoms with Gasteiger partial charge in [0.1, 0.15) is 28.8 Å². The number of aromatic nitrogens is 4. The third-order valence-electron chi connectivity index (χ3n) is 10.6. The van der Waals surface area contributed by atoms with Gasteiger partial charge in [0.2, 0.25) is 0 Å². The molecule has 4 aromatic heterocycles. The standard InChI is InChI=1S/C23H23ClFN5O3.C20H16ClFN4O3.C3H9NO.Li.2H2S.H/c1-13(12-31)27-21(32)17-11-26-6-5-19(17)28-20-10-16(15-9-14(24)3-4-18(15)25)23(33)30-8-7-29(2)22(20)30;1-25-6-7-26-18(25)17(24-16-4-5-23-10-14(16)20(28)29)9-13(19(26)27)12-8-11(21)2-3-15(12)22;1-3(4)2-5;;;;/h3-6,9-11,13,31H,7-8,12H2,1-2H3,(H,26,28)(H,27,32);2-5,8-10H,6-7H2,1H3,(H,23,24)(H,28,29);3,5H,2,4H2,1H3;;2*1H2;/q;;;+1;;;-1/t13-;;3-;;;;/m0.0..../s1. The fraction of sp³-hybridized carbons (Fsp3) is 0.261. The van der Waals surface area contributed by atoms with Crippen LogP contribution in [0.3, 0.4) is 0 Å². The van der Waals surface area contributed by atoms with E-state index in [1.165, 1.54) is 73.3 Å². The van der Waals surface area contributed by atoms with Crippen LogP contribution in [0.15, 0.2) is 95.0 Å². The van der Waals surface area contributed by atoms with Gasteiger partial charge in [0, 0.05) is 98.3 Å². The topological polar surface area (TPSA) is 233 Å². The molecular weight excluding hydrogens is 985 g/mol. The number of rotatable bonds is 11. The number of likely N-dealkylation sites (N-methyl/N-ethyl adjacent to an activating group) is 2. The van der Waals surface area contributed by atoms with E-state index in [0.29, 0.717) is 70.6 Å². The molecule has 0 fully saturated rings. The predicted octanol–water partition coefficient (Wildman–Crippen LogP) is 3.27. The smallest absolute Gasteiger partial charge is 1.00 e. The van der Waals surface area contributed by atoms with Crippen LogP contribution in [0.5, 0.6) is 0 Å². The zero-order valence-corrected chi connectivity index (χ0v) is 42.2. The molecule has 2 aliphatic rings. The molecule has 0 saturated carbocycles. The number of carbonyl (C=O) groups is 2. The van der Waals surface area contributed by atoms with Crippen LogP contribution in [0.4, 0.5) is 43.2 Å². The number of hydrogen-bond acceptors (Lipinski definition) is 13. The first-order valence-electron chi connectivity index (χ1n) is 20.8. The number of aliphatic hydroxyl groups excluding tert-OH is 2. The first-order valence-corrected chi connectivity index (χ1v) is 21.5. The monoisotopic (exact) mass is 1040 g/mol. The number of carboxylic acids is 1. The Balaban J connectivity index is 0.000000425. The van der Waals surface area contributed by atoms with Crippen LogP contribution in [-0.2, 0) is 13.1 Å². The quantitative estimate of drug-likeness (QED) is 0.0925. The minimum absolute atomic E-state index is 0. The summed E-state index contributed by atoms with van der Waals surface area (Å²) in [6.07, 6.45) is 5.65. The number of nitrogens with one attached hydrogen (secondary N) is 3. The molecule has 6 aromatic rings. The fourth-order valence-electron chi connectivity index (χ4n) is 7.24.